The Morgan fingerprint density at radius 3 is 2.41 bits per heavy atom. The van der Waals surface area contributed by atoms with E-state index in [-0.39, 0.29) is 5.75 Å². The van der Waals surface area contributed by atoms with E-state index in [1.807, 2.05) is 36.2 Å². The van der Waals surface area contributed by atoms with Crippen molar-refractivity contribution in [3.05, 3.63) is 64.5 Å². The number of alkyl halides is 3. The van der Waals surface area contributed by atoms with Crippen molar-refractivity contribution in [1.29, 1.82) is 0 Å². The molecule has 1 heterocycles. The Morgan fingerprint density at radius 2 is 1.74 bits per heavy atom. The Bertz CT molecular complexity index is 897. The second-order valence-electron chi connectivity index (χ2n) is 5.84. The quantitative estimate of drug-likeness (QED) is 0.536. The van der Waals surface area contributed by atoms with Gasteiger partial charge in [0.2, 0.25) is 11.8 Å². The van der Waals surface area contributed by atoms with Gasteiger partial charge in [0.1, 0.15) is 5.75 Å². The van der Waals surface area contributed by atoms with Crippen LogP contribution in [0.1, 0.15) is 11.5 Å². The highest BCUT2D eigenvalue weighted by atomic mass is 79.9. The summed E-state index contributed by atoms with van der Waals surface area (Å²) < 4.78 is 47.0. The van der Waals surface area contributed by atoms with Crippen molar-refractivity contribution in [3.8, 4) is 17.2 Å². The summed E-state index contributed by atoms with van der Waals surface area (Å²) in [4.78, 5) is 1.91. The molecule has 5 nitrogen and oxygen atoms in total. The van der Waals surface area contributed by atoms with Crippen molar-refractivity contribution in [2.24, 2.45) is 0 Å². The van der Waals surface area contributed by atoms with Crippen molar-refractivity contribution < 1.29 is 22.3 Å². The molecule has 27 heavy (non-hydrogen) atoms. The zero-order valence-electron chi connectivity index (χ0n) is 14.2. The van der Waals surface area contributed by atoms with Crippen LogP contribution in [0.15, 0.2) is 57.4 Å². The molecule has 0 N–H and O–H groups in total. The van der Waals surface area contributed by atoms with Crippen LogP contribution < -0.4 is 4.74 Å². The highest BCUT2D eigenvalue weighted by Gasteiger charge is 2.30. The standard InChI is InChI=1S/C18H15BrF3N3O2/c1-25(10-12-6-8-13(9-7-12)27-18(20,21)22)11-16-23-24-17(26-16)14-4-2-3-5-15(14)19/h2-9H,10-11H2,1H3. The fraction of sp³-hybridized carbons (Fsp3) is 0.222. The number of aromatic nitrogens is 2. The Labute approximate surface area is 161 Å². The van der Waals surface area contributed by atoms with Gasteiger partial charge in [0.15, 0.2) is 0 Å². The maximum absolute atomic E-state index is 12.2. The number of halogens is 4. The SMILES string of the molecule is CN(Cc1ccc(OC(F)(F)F)cc1)Cc1nnc(-c2ccccc2Br)o1. The monoisotopic (exact) mass is 441 g/mol. The first-order chi connectivity index (χ1) is 12.8. The maximum atomic E-state index is 12.2. The molecular formula is C18H15BrF3N3O2. The summed E-state index contributed by atoms with van der Waals surface area (Å²) in [7, 11) is 1.85. The van der Waals surface area contributed by atoms with Gasteiger partial charge in [-0.2, -0.15) is 0 Å². The highest BCUT2D eigenvalue weighted by molar-refractivity contribution is 9.10. The van der Waals surface area contributed by atoms with Crippen LogP contribution in [0, 0.1) is 0 Å². The molecule has 0 spiro atoms. The van der Waals surface area contributed by atoms with Gasteiger partial charge in [0, 0.05) is 11.0 Å². The summed E-state index contributed by atoms with van der Waals surface area (Å²) in [5, 5.41) is 8.10. The van der Waals surface area contributed by atoms with Gasteiger partial charge < -0.3 is 9.15 Å². The predicted molar refractivity (Wildman–Crippen MR) is 95.7 cm³/mol. The Hall–Kier alpha value is -2.39. The molecule has 1 aromatic heterocycles. The molecule has 9 heteroatoms. The van der Waals surface area contributed by atoms with Gasteiger partial charge in [0.05, 0.1) is 12.1 Å². The normalized spacial score (nSPS) is 11.8. The summed E-state index contributed by atoms with van der Waals surface area (Å²) in [6.07, 6.45) is -4.69. The average molecular weight is 442 g/mol. The van der Waals surface area contributed by atoms with Crippen LogP contribution in [0.3, 0.4) is 0 Å². The molecule has 0 bridgehead atoms. The lowest BCUT2D eigenvalue weighted by Crippen LogP contribution is -2.18. The minimum absolute atomic E-state index is 0.246. The van der Waals surface area contributed by atoms with Crippen LogP contribution in [0.5, 0.6) is 5.75 Å². The van der Waals surface area contributed by atoms with E-state index in [1.165, 1.54) is 12.1 Å². The zero-order chi connectivity index (χ0) is 19.4. The third-order valence-electron chi connectivity index (χ3n) is 3.59. The Morgan fingerprint density at radius 1 is 1.04 bits per heavy atom. The second kappa shape index (κ2) is 8.10. The largest absolute Gasteiger partial charge is 0.573 e. The second-order valence-corrected chi connectivity index (χ2v) is 6.70. The fourth-order valence-corrected chi connectivity index (χ4v) is 2.91. The molecule has 0 amide bonds. The van der Waals surface area contributed by atoms with Crippen molar-refractivity contribution in [2.75, 3.05) is 7.05 Å². The molecule has 3 rings (SSSR count). The van der Waals surface area contributed by atoms with Crippen molar-refractivity contribution in [2.45, 2.75) is 19.5 Å². The number of ether oxygens (including phenoxy) is 1. The molecule has 0 aliphatic carbocycles. The number of rotatable bonds is 6. The van der Waals surface area contributed by atoms with E-state index in [0.717, 1.165) is 15.6 Å². The minimum atomic E-state index is -4.69. The van der Waals surface area contributed by atoms with Crippen molar-refractivity contribution in [3.63, 3.8) is 0 Å². The molecule has 0 aliphatic heterocycles. The van der Waals surface area contributed by atoms with Crippen LogP contribution in [0.25, 0.3) is 11.5 Å². The number of hydrogen-bond donors (Lipinski definition) is 0. The third-order valence-corrected chi connectivity index (χ3v) is 4.28. The van der Waals surface area contributed by atoms with Gasteiger partial charge in [0.25, 0.3) is 0 Å². The van der Waals surface area contributed by atoms with Gasteiger partial charge in [-0.1, -0.05) is 24.3 Å². The van der Waals surface area contributed by atoms with E-state index in [9.17, 15) is 13.2 Å². The van der Waals surface area contributed by atoms with Gasteiger partial charge in [-0.3, -0.25) is 4.90 Å². The molecule has 0 radical (unpaired) electrons. The minimum Gasteiger partial charge on any atom is -0.419 e. The van der Waals surface area contributed by atoms with E-state index < -0.39 is 6.36 Å². The van der Waals surface area contributed by atoms with E-state index in [4.69, 9.17) is 4.42 Å². The van der Waals surface area contributed by atoms with Gasteiger partial charge in [-0.15, -0.1) is 23.4 Å². The van der Waals surface area contributed by atoms with Gasteiger partial charge in [-0.05, 0) is 52.8 Å². The summed E-state index contributed by atoms with van der Waals surface area (Å²) in [5.74, 6) is 0.615. The molecule has 3 aromatic rings. The van der Waals surface area contributed by atoms with Crippen LogP contribution in [-0.4, -0.2) is 28.5 Å². The zero-order valence-corrected chi connectivity index (χ0v) is 15.8. The molecule has 142 valence electrons. The lowest BCUT2D eigenvalue weighted by atomic mass is 10.2. The topological polar surface area (TPSA) is 51.4 Å². The average Bonchev–Trinajstić information content (AvgIpc) is 3.04. The van der Waals surface area contributed by atoms with Crippen LogP contribution in [0.4, 0.5) is 13.2 Å². The lowest BCUT2D eigenvalue weighted by molar-refractivity contribution is -0.274. The molecule has 0 saturated heterocycles. The summed E-state index contributed by atoms with van der Waals surface area (Å²) in [6.45, 7) is 0.900. The van der Waals surface area contributed by atoms with E-state index in [0.29, 0.717) is 24.9 Å². The first kappa shape index (κ1) is 19.4. The molecule has 0 saturated carbocycles. The van der Waals surface area contributed by atoms with Crippen molar-refractivity contribution >= 4 is 15.9 Å². The first-order valence-corrected chi connectivity index (χ1v) is 8.70. The van der Waals surface area contributed by atoms with E-state index in [2.05, 4.69) is 30.9 Å². The molecule has 0 unspecified atom stereocenters. The number of benzene rings is 2. The molecule has 2 aromatic carbocycles. The Kier molecular flexibility index (Phi) is 5.81. The Balaban J connectivity index is 1.60. The summed E-state index contributed by atoms with van der Waals surface area (Å²) in [5.41, 5.74) is 1.64. The number of nitrogens with zero attached hydrogens (tertiary/aromatic N) is 3. The number of hydrogen-bond acceptors (Lipinski definition) is 5. The molecular weight excluding hydrogens is 427 g/mol. The lowest BCUT2D eigenvalue weighted by Gasteiger charge is -2.15. The van der Waals surface area contributed by atoms with E-state index >= 15 is 0 Å². The fourth-order valence-electron chi connectivity index (χ4n) is 2.46. The predicted octanol–water partition coefficient (Wildman–Crippen LogP) is 5.03. The molecule has 0 fully saturated rings. The van der Waals surface area contributed by atoms with Crippen LogP contribution in [0.2, 0.25) is 0 Å². The van der Waals surface area contributed by atoms with Gasteiger partial charge >= 0.3 is 6.36 Å². The first-order valence-electron chi connectivity index (χ1n) is 7.91. The summed E-state index contributed by atoms with van der Waals surface area (Å²) in [6, 6.07) is 13.3. The van der Waals surface area contributed by atoms with Crippen LogP contribution in [-0.2, 0) is 13.1 Å². The van der Waals surface area contributed by atoms with E-state index in [1.54, 1.807) is 12.1 Å². The smallest absolute Gasteiger partial charge is 0.419 e. The molecule has 0 atom stereocenters. The third kappa shape index (κ3) is 5.54. The van der Waals surface area contributed by atoms with Crippen molar-refractivity contribution in [1.82, 2.24) is 15.1 Å². The van der Waals surface area contributed by atoms with Gasteiger partial charge in [-0.25, -0.2) is 0 Å². The maximum Gasteiger partial charge on any atom is 0.573 e. The summed E-state index contributed by atoms with van der Waals surface area (Å²) >= 11 is 3.44. The molecule has 0 aliphatic rings. The van der Waals surface area contributed by atoms with Crippen LogP contribution >= 0.6 is 15.9 Å². The highest BCUT2D eigenvalue weighted by Crippen LogP contribution is 2.27.